The highest BCUT2D eigenvalue weighted by molar-refractivity contribution is 7.98. The van der Waals surface area contributed by atoms with E-state index >= 15 is 0 Å². The van der Waals surface area contributed by atoms with E-state index in [2.05, 4.69) is 21.2 Å². The minimum absolute atomic E-state index is 0.266. The minimum atomic E-state index is 0.266. The Morgan fingerprint density at radius 1 is 1.11 bits per heavy atom. The Hall–Kier alpha value is -1.92. The molecule has 2 N–H and O–H groups in total. The molecule has 0 fully saturated rings. The number of hydrogen-bond donors (Lipinski definition) is 1. The minimum Gasteiger partial charge on any atom is -0.415 e. The summed E-state index contributed by atoms with van der Waals surface area (Å²) in [5, 5.41) is 9.38. The zero-order chi connectivity index (χ0) is 13.1. The van der Waals surface area contributed by atoms with Crippen molar-refractivity contribution in [2.24, 2.45) is 5.73 Å². The van der Waals surface area contributed by atoms with Crippen molar-refractivity contribution < 1.29 is 4.42 Å². The van der Waals surface area contributed by atoms with Gasteiger partial charge in [-0.3, -0.25) is 4.98 Å². The molecular formula is C13H12N4OS. The molecule has 0 aliphatic rings. The number of pyridine rings is 1. The lowest BCUT2D eigenvalue weighted by Crippen LogP contribution is -1.95. The Morgan fingerprint density at radius 2 is 2.00 bits per heavy atom. The average Bonchev–Trinajstić information content (AvgIpc) is 2.93. The molecule has 19 heavy (non-hydrogen) atoms. The lowest BCUT2D eigenvalue weighted by Gasteiger charge is -2.00. The molecule has 3 aromatic rings. The predicted molar refractivity (Wildman–Crippen MR) is 73.5 cm³/mol. The topological polar surface area (TPSA) is 77.8 Å². The van der Waals surface area contributed by atoms with Gasteiger partial charge in [0.05, 0.1) is 17.8 Å². The Labute approximate surface area is 114 Å². The van der Waals surface area contributed by atoms with Crippen LogP contribution in [0.5, 0.6) is 0 Å². The molecule has 0 saturated carbocycles. The molecule has 0 atom stereocenters. The summed E-state index contributed by atoms with van der Waals surface area (Å²) in [6, 6.07) is 12.1. The first-order valence-corrected chi connectivity index (χ1v) is 6.83. The Bertz CT molecular complexity index is 698. The summed E-state index contributed by atoms with van der Waals surface area (Å²) in [7, 11) is 0. The number of rotatable bonds is 4. The van der Waals surface area contributed by atoms with Crippen LogP contribution < -0.4 is 5.73 Å². The van der Waals surface area contributed by atoms with Crippen molar-refractivity contribution in [1.82, 2.24) is 15.2 Å². The molecule has 0 radical (unpaired) electrons. The Balaban J connectivity index is 1.74. The van der Waals surface area contributed by atoms with Crippen molar-refractivity contribution in [1.29, 1.82) is 0 Å². The van der Waals surface area contributed by atoms with Crippen LogP contribution in [-0.4, -0.2) is 15.2 Å². The first-order chi connectivity index (χ1) is 9.35. The van der Waals surface area contributed by atoms with E-state index in [1.54, 1.807) is 0 Å². The van der Waals surface area contributed by atoms with Crippen molar-refractivity contribution in [3.63, 3.8) is 0 Å². The van der Waals surface area contributed by atoms with Crippen molar-refractivity contribution in [2.45, 2.75) is 17.5 Å². The lowest BCUT2D eigenvalue weighted by molar-refractivity contribution is 0.414. The number of nitrogens with two attached hydrogens (primary N) is 1. The first-order valence-electron chi connectivity index (χ1n) is 5.85. The van der Waals surface area contributed by atoms with Gasteiger partial charge in [0, 0.05) is 11.1 Å². The molecule has 0 aliphatic heterocycles. The second-order valence-electron chi connectivity index (χ2n) is 3.95. The van der Waals surface area contributed by atoms with Gasteiger partial charge in [0.25, 0.3) is 5.22 Å². The van der Waals surface area contributed by atoms with Gasteiger partial charge in [0.15, 0.2) is 0 Å². The monoisotopic (exact) mass is 272 g/mol. The van der Waals surface area contributed by atoms with E-state index in [-0.39, 0.29) is 6.54 Å². The molecule has 3 rings (SSSR count). The molecule has 1 aromatic carbocycles. The summed E-state index contributed by atoms with van der Waals surface area (Å²) in [4.78, 5) is 4.58. The molecule has 96 valence electrons. The number of fused-ring (bicyclic) bond motifs is 1. The maximum absolute atomic E-state index is 5.41. The third-order valence-electron chi connectivity index (χ3n) is 2.62. The van der Waals surface area contributed by atoms with Crippen LogP contribution >= 0.6 is 11.8 Å². The fourth-order valence-corrected chi connectivity index (χ4v) is 2.39. The maximum Gasteiger partial charge on any atom is 0.277 e. The van der Waals surface area contributed by atoms with Crippen molar-refractivity contribution >= 4 is 22.7 Å². The lowest BCUT2D eigenvalue weighted by atomic mass is 10.2. The number of aromatic nitrogens is 3. The van der Waals surface area contributed by atoms with Crippen LogP contribution in [0, 0.1) is 0 Å². The van der Waals surface area contributed by atoms with Gasteiger partial charge >= 0.3 is 0 Å². The largest absolute Gasteiger partial charge is 0.415 e. The summed E-state index contributed by atoms with van der Waals surface area (Å²) < 4.78 is 5.33. The number of hydrogen-bond acceptors (Lipinski definition) is 6. The van der Waals surface area contributed by atoms with E-state index < -0.39 is 0 Å². The van der Waals surface area contributed by atoms with E-state index in [1.165, 1.54) is 11.8 Å². The second-order valence-corrected chi connectivity index (χ2v) is 4.88. The van der Waals surface area contributed by atoms with Crippen LogP contribution in [0.4, 0.5) is 0 Å². The summed E-state index contributed by atoms with van der Waals surface area (Å²) in [5.74, 6) is 1.14. The molecule has 6 heteroatoms. The zero-order valence-corrected chi connectivity index (χ0v) is 10.9. The van der Waals surface area contributed by atoms with Crippen molar-refractivity contribution in [2.75, 3.05) is 0 Å². The highest BCUT2D eigenvalue weighted by Gasteiger charge is 2.06. The summed E-state index contributed by atoms with van der Waals surface area (Å²) in [6.45, 7) is 0.266. The van der Waals surface area contributed by atoms with Gasteiger partial charge < -0.3 is 10.2 Å². The van der Waals surface area contributed by atoms with Crippen LogP contribution in [0.15, 0.2) is 46.0 Å². The third-order valence-corrected chi connectivity index (χ3v) is 3.47. The Kier molecular flexibility index (Phi) is 3.43. The zero-order valence-electron chi connectivity index (χ0n) is 10.1. The number of thioether (sulfide) groups is 1. The van der Waals surface area contributed by atoms with E-state index in [0.29, 0.717) is 16.9 Å². The van der Waals surface area contributed by atoms with Crippen LogP contribution in [0.25, 0.3) is 10.9 Å². The molecule has 0 unspecified atom stereocenters. The van der Waals surface area contributed by atoms with Gasteiger partial charge in [0.1, 0.15) is 0 Å². The van der Waals surface area contributed by atoms with Crippen molar-refractivity contribution in [3.05, 3.63) is 48.0 Å². The summed E-state index contributed by atoms with van der Waals surface area (Å²) in [5.41, 5.74) is 7.39. The fraction of sp³-hybridized carbons (Fsp3) is 0.154. The molecule has 0 spiro atoms. The standard InChI is InChI=1S/C13H12N4OS/c14-7-12-16-17-13(18-12)19-8-10-6-5-9-3-1-2-4-11(9)15-10/h1-6H,7-8,14H2. The van der Waals surface area contributed by atoms with Crippen LogP contribution in [0.3, 0.4) is 0 Å². The second kappa shape index (κ2) is 5.38. The van der Waals surface area contributed by atoms with E-state index in [4.69, 9.17) is 10.2 Å². The molecule has 0 bridgehead atoms. The normalized spacial score (nSPS) is 11.0. The molecule has 0 aliphatic carbocycles. The highest BCUT2D eigenvalue weighted by Crippen LogP contribution is 2.21. The van der Waals surface area contributed by atoms with Gasteiger partial charge in [-0.2, -0.15) is 0 Å². The van der Waals surface area contributed by atoms with Gasteiger partial charge in [-0.05, 0) is 12.1 Å². The summed E-state index contributed by atoms with van der Waals surface area (Å²) >= 11 is 1.46. The van der Waals surface area contributed by atoms with Crippen LogP contribution in [0.1, 0.15) is 11.6 Å². The van der Waals surface area contributed by atoms with Crippen molar-refractivity contribution in [3.8, 4) is 0 Å². The number of benzene rings is 1. The smallest absolute Gasteiger partial charge is 0.277 e. The van der Waals surface area contributed by atoms with Gasteiger partial charge in [0.2, 0.25) is 5.89 Å². The average molecular weight is 272 g/mol. The highest BCUT2D eigenvalue weighted by atomic mass is 32.2. The molecule has 5 nitrogen and oxygen atoms in total. The third kappa shape index (κ3) is 2.74. The quantitative estimate of drug-likeness (QED) is 0.735. The maximum atomic E-state index is 5.41. The SMILES string of the molecule is NCc1nnc(SCc2ccc3ccccc3n2)o1. The van der Waals surface area contributed by atoms with Gasteiger partial charge in [-0.15, -0.1) is 10.2 Å². The van der Waals surface area contributed by atoms with E-state index in [9.17, 15) is 0 Å². The number of nitrogens with zero attached hydrogens (tertiary/aromatic N) is 3. The van der Waals surface area contributed by atoms with Gasteiger partial charge in [-0.1, -0.05) is 36.0 Å². The Morgan fingerprint density at radius 3 is 2.84 bits per heavy atom. The fourth-order valence-electron chi connectivity index (χ4n) is 1.70. The molecule has 2 heterocycles. The number of para-hydroxylation sites is 1. The molecule has 0 saturated heterocycles. The van der Waals surface area contributed by atoms with Crippen LogP contribution in [0.2, 0.25) is 0 Å². The molecule has 2 aromatic heterocycles. The summed E-state index contributed by atoms with van der Waals surface area (Å²) in [6.07, 6.45) is 0. The molecular weight excluding hydrogens is 260 g/mol. The molecule has 0 amide bonds. The van der Waals surface area contributed by atoms with Crippen LogP contribution in [-0.2, 0) is 12.3 Å². The predicted octanol–water partition coefficient (Wildman–Crippen LogP) is 2.37. The van der Waals surface area contributed by atoms with E-state index in [1.807, 2.05) is 30.3 Å². The van der Waals surface area contributed by atoms with E-state index in [0.717, 1.165) is 16.6 Å². The first kappa shape index (κ1) is 12.1. The van der Waals surface area contributed by atoms with Gasteiger partial charge in [-0.25, -0.2) is 0 Å².